The highest BCUT2D eigenvalue weighted by Gasteiger charge is 2.05. The number of amides is 1. The minimum atomic E-state index is -0.0876. The van der Waals surface area contributed by atoms with Crippen LogP contribution < -0.4 is 20.3 Å². The summed E-state index contributed by atoms with van der Waals surface area (Å²) in [6.45, 7) is 10.4. The van der Waals surface area contributed by atoms with E-state index in [1.807, 2.05) is 50.2 Å². The van der Waals surface area contributed by atoms with Crippen molar-refractivity contribution >= 4 is 23.0 Å². The number of carbonyl (C=O) groups is 1. The molecule has 0 atom stereocenters. The van der Waals surface area contributed by atoms with Crippen LogP contribution in [-0.2, 0) is 4.79 Å². The van der Waals surface area contributed by atoms with Gasteiger partial charge in [-0.2, -0.15) is 0 Å². The molecular formula is C21H29N3O2. The molecule has 140 valence electrons. The number of hydrogen-bond donors (Lipinski definition) is 2. The zero-order valence-electron chi connectivity index (χ0n) is 16.1. The van der Waals surface area contributed by atoms with E-state index in [9.17, 15) is 4.79 Å². The summed E-state index contributed by atoms with van der Waals surface area (Å²) in [6.07, 6.45) is 0.132. The third kappa shape index (κ3) is 5.99. The number of carbonyl (C=O) groups excluding carboxylic acids is 1. The van der Waals surface area contributed by atoms with Crippen molar-refractivity contribution < 1.29 is 9.53 Å². The second kappa shape index (κ2) is 9.70. The molecule has 2 N–H and O–H groups in total. The Bertz CT molecular complexity index is 677. The summed E-state index contributed by atoms with van der Waals surface area (Å²) in [4.78, 5) is 14.4. The van der Waals surface area contributed by atoms with Crippen molar-refractivity contribution in [3.8, 4) is 5.75 Å². The molecule has 2 aromatic carbocycles. The van der Waals surface area contributed by atoms with Crippen LogP contribution in [0.15, 0.2) is 48.5 Å². The van der Waals surface area contributed by atoms with Gasteiger partial charge < -0.3 is 20.3 Å². The number of anilines is 3. The smallest absolute Gasteiger partial charge is 0.243 e. The average molecular weight is 355 g/mol. The van der Waals surface area contributed by atoms with Crippen LogP contribution in [0.2, 0.25) is 0 Å². The molecular weight excluding hydrogens is 326 g/mol. The zero-order chi connectivity index (χ0) is 18.9. The van der Waals surface area contributed by atoms with E-state index in [-0.39, 0.29) is 18.6 Å². The van der Waals surface area contributed by atoms with Gasteiger partial charge in [0.2, 0.25) is 5.91 Å². The Morgan fingerprint density at radius 3 is 2.08 bits per heavy atom. The van der Waals surface area contributed by atoms with Gasteiger partial charge in [0, 0.05) is 30.2 Å². The van der Waals surface area contributed by atoms with Gasteiger partial charge in [0.05, 0.1) is 12.6 Å². The molecule has 0 saturated carbocycles. The van der Waals surface area contributed by atoms with Crippen LogP contribution in [0.1, 0.15) is 27.7 Å². The van der Waals surface area contributed by atoms with E-state index in [2.05, 4.69) is 41.5 Å². The average Bonchev–Trinajstić information content (AvgIpc) is 2.63. The van der Waals surface area contributed by atoms with Gasteiger partial charge in [-0.3, -0.25) is 4.79 Å². The lowest BCUT2D eigenvalue weighted by Crippen LogP contribution is -2.22. The fourth-order valence-corrected chi connectivity index (χ4v) is 2.66. The molecule has 0 aliphatic carbocycles. The Morgan fingerprint density at radius 2 is 1.54 bits per heavy atom. The number of ether oxygens (including phenoxy) is 1. The number of nitrogens with zero attached hydrogens (tertiary/aromatic N) is 1. The highest BCUT2D eigenvalue weighted by atomic mass is 16.5. The molecule has 0 unspecified atom stereocenters. The lowest BCUT2D eigenvalue weighted by molar-refractivity contribution is -0.114. The van der Waals surface area contributed by atoms with E-state index in [0.717, 1.165) is 30.2 Å². The van der Waals surface area contributed by atoms with E-state index in [1.54, 1.807) is 0 Å². The lowest BCUT2D eigenvalue weighted by Gasteiger charge is -2.21. The first-order chi connectivity index (χ1) is 12.5. The maximum atomic E-state index is 12.1. The van der Waals surface area contributed by atoms with Gasteiger partial charge in [0.15, 0.2) is 0 Å². The highest BCUT2D eigenvalue weighted by molar-refractivity contribution is 5.93. The summed E-state index contributed by atoms with van der Waals surface area (Å²) in [5.41, 5.74) is 2.87. The van der Waals surface area contributed by atoms with Crippen LogP contribution in [-0.4, -0.2) is 31.6 Å². The summed E-state index contributed by atoms with van der Waals surface area (Å²) in [5, 5.41) is 6.02. The molecule has 2 rings (SSSR count). The van der Waals surface area contributed by atoms with Crippen molar-refractivity contribution in [2.75, 3.05) is 35.2 Å². The third-order valence-corrected chi connectivity index (χ3v) is 3.96. The third-order valence-electron chi connectivity index (χ3n) is 3.96. The Kier molecular flexibility index (Phi) is 7.33. The molecule has 0 aliphatic heterocycles. The Balaban J connectivity index is 1.83. The summed E-state index contributed by atoms with van der Waals surface area (Å²) in [5.74, 6) is 0.708. The van der Waals surface area contributed by atoms with Gasteiger partial charge in [-0.05, 0) is 76.2 Å². The molecule has 0 fully saturated rings. The van der Waals surface area contributed by atoms with E-state index in [0.29, 0.717) is 0 Å². The van der Waals surface area contributed by atoms with Crippen molar-refractivity contribution in [1.82, 2.24) is 0 Å². The van der Waals surface area contributed by atoms with Crippen molar-refractivity contribution in [3.05, 3.63) is 48.5 Å². The van der Waals surface area contributed by atoms with Crippen LogP contribution in [0, 0.1) is 0 Å². The van der Waals surface area contributed by atoms with Gasteiger partial charge in [0.25, 0.3) is 0 Å². The fourth-order valence-electron chi connectivity index (χ4n) is 2.66. The summed E-state index contributed by atoms with van der Waals surface area (Å²) in [6, 6.07) is 15.5. The largest absolute Gasteiger partial charge is 0.491 e. The number of rotatable bonds is 9. The SMILES string of the molecule is CCN(CC)c1ccc(NCC(=O)Nc2ccc(OC(C)C)cc2)cc1. The van der Waals surface area contributed by atoms with E-state index < -0.39 is 0 Å². The number of nitrogens with one attached hydrogen (secondary N) is 2. The van der Waals surface area contributed by atoms with Gasteiger partial charge in [0.1, 0.15) is 5.75 Å². The molecule has 1 amide bonds. The minimum absolute atomic E-state index is 0.0876. The van der Waals surface area contributed by atoms with Crippen LogP contribution in [0.5, 0.6) is 5.75 Å². The summed E-state index contributed by atoms with van der Waals surface area (Å²) < 4.78 is 5.59. The van der Waals surface area contributed by atoms with E-state index >= 15 is 0 Å². The molecule has 0 aliphatic rings. The molecule has 0 heterocycles. The van der Waals surface area contributed by atoms with Gasteiger partial charge in [-0.1, -0.05) is 0 Å². The molecule has 0 radical (unpaired) electrons. The molecule has 26 heavy (non-hydrogen) atoms. The number of hydrogen-bond acceptors (Lipinski definition) is 4. The molecule has 2 aromatic rings. The summed E-state index contributed by atoms with van der Waals surface area (Å²) >= 11 is 0. The summed E-state index contributed by atoms with van der Waals surface area (Å²) in [7, 11) is 0. The van der Waals surface area contributed by atoms with Gasteiger partial charge in [-0.25, -0.2) is 0 Å². The van der Waals surface area contributed by atoms with Crippen LogP contribution in [0.25, 0.3) is 0 Å². The normalized spacial score (nSPS) is 10.5. The van der Waals surface area contributed by atoms with E-state index in [4.69, 9.17) is 4.74 Å². The first kappa shape index (κ1) is 19.6. The van der Waals surface area contributed by atoms with Gasteiger partial charge in [-0.15, -0.1) is 0 Å². The monoisotopic (exact) mass is 355 g/mol. The minimum Gasteiger partial charge on any atom is -0.491 e. The topological polar surface area (TPSA) is 53.6 Å². The molecule has 0 bridgehead atoms. The molecule has 5 nitrogen and oxygen atoms in total. The number of benzene rings is 2. The van der Waals surface area contributed by atoms with Crippen LogP contribution in [0.3, 0.4) is 0 Å². The van der Waals surface area contributed by atoms with Crippen molar-refractivity contribution in [1.29, 1.82) is 0 Å². The van der Waals surface area contributed by atoms with E-state index in [1.165, 1.54) is 5.69 Å². The Morgan fingerprint density at radius 1 is 0.962 bits per heavy atom. The molecule has 0 spiro atoms. The first-order valence-corrected chi connectivity index (χ1v) is 9.17. The fraction of sp³-hybridized carbons (Fsp3) is 0.381. The lowest BCUT2D eigenvalue weighted by atomic mass is 10.2. The Labute approximate surface area is 156 Å². The maximum absolute atomic E-state index is 12.1. The Hall–Kier alpha value is -2.69. The second-order valence-corrected chi connectivity index (χ2v) is 6.31. The standard InChI is InChI=1S/C21H29N3O2/c1-5-24(6-2)19-11-7-17(8-12-19)22-15-21(25)23-18-9-13-20(14-10-18)26-16(3)4/h7-14,16,22H,5-6,15H2,1-4H3,(H,23,25). The second-order valence-electron chi connectivity index (χ2n) is 6.31. The molecule has 0 saturated heterocycles. The first-order valence-electron chi connectivity index (χ1n) is 9.17. The predicted molar refractivity (Wildman–Crippen MR) is 109 cm³/mol. The molecule has 0 aromatic heterocycles. The maximum Gasteiger partial charge on any atom is 0.243 e. The van der Waals surface area contributed by atoms with Crippen molar-refractivity contribution in [2.24, 2.45) is 0 Å². The van der Waals surface area contributed by atoms with Gasteiger partial charge >= 0.3 is 0 Å². The van der Waals surface area contributed by atoms with Crippen molar-refractivity contribution in [2.45, 2.75) is 33.8 Å². The van der Waals surface area contributed by atoms with Crippen molar-refractivity contribution in [3.63, 3.8) is 0 Å². The van der Waals surface area contributed by atoms with Crippen LogP contribution in [0.4, 0.5) is 17.1 Å². The highest BCUT2D eigenvalue weighted by Crippen LogP contribution is 2.18. The quantitative estimate of drug-likeness (QED) is 0.701. The predicted octanol–water partition coefficient (Wildman–Crippen LogP) is 4.37. The zero-order valence-corrected chi connectivity index (χ0v) is 16.1. The van der Waals surface area contributed by atoms with Crippen LogP contribution >= 0.6 is 0 Å². The molecule has 5 heteroatoms.